The third kappa shape index (κ3) is 3.47. The van der Waals surface area contributed by atoms with Crippen LogP contribution in [0, 0.1) is 0 Å². The molecule has 3 aromatic rings. The van der Waals surface area contributed by atoms with Gasteiger partial charge in [0.2, 0.25) is 12.2 Å². The van der Waals surface area contributed by atoms with Crippen molar-refractivity contribution in [2.45, 2.75) is 24.6 Å². The molecule has 27 heavy (non-hydrogen) atoms. The lowest BCUT2D eigenvalue weighted by Crippen LogP contribution is -2.54. The van der Waals surface area contributed by atoms with Crippen LogP contribution in [0.3, 0.4) is 0 Å². The molecule has 3 N–H and O–H groups in total. The summed E-state index contributed by atoms with van der Waals surface area (Å²) in [5.74, 6) is 1.59. The highest BCUT2D eigenvalue weighted by atomic mass is 16.7. The van der Waals surface area contributed by atoms with Crippen molar-refractivity contribution >= 4 is 11.1 Å². The highest BCUT2D eigenvalue weighted by molar-refractivity contribution is 5.77. The van der Waals surface area contributed by atoms with Gasteiger partial charge >= 0.3 is 0 Å². The number of aromatic nitrogens is 1. The summed E-state index contributed by atoms with van der Waals surface area (Å²) in [5.41, 5.74) is 2.09. The van der Waals surface area contributed by atoms with Gasteiger partial charge in [0.1, 0.15) is 35.3 Å². The fraction of sp³-hybridized carbons (Fsp3) is 0.316. The molecule has 1 fully saturated rings. The van der Waals surface area contributed by atoms with Crippen LogP contribution in [0.25, 0.3) is 22.6 Å². The first-order valence-corrected chi connectivity index (χ1v) is 8.42. The predicted molar refractivity (Wildman–Crippen MR) is 94.4 cm³/mol. The normalized spacial score (nSPS) is 25.5. The molecule has 0 bridgehead atoms. The number of methoxy groups -OCH3 is 1. The van der Waals surface area contributed by atoms with Gasteiger partial charge in [0.15, 0.2) is 5.58 Å². The molecule has 1 aromatic heterocycles. The summed E-state index contributed by atoms with van der Waals surface area (Å²) >= 11 is 0. The first-order valence-electron chi connectivity index (χ1n) is 8.42. The second kappa shape index (κ2) is 7.16. The first kappa shape index (κ1) is 17.7. The zero-order chi connectivity index (χ0) is 19.0. The van der Waals surface area contributed by atoms with E-state index in [-0.39, 0.29) is 6.61 Å². The fourth-order valence-corrected chi connectivity index (χ4v) is 2.85. The van der Waals surface area contributed by atoms with Crippen molar-refractivity contribution in [2.75, 3.05) is 13.7 Å². The van der Waals surface area contributed by atoms with Crippen LogP contribution in [0.4, 0.5) is 0 Å². The number of benzene rings is 2. The smallest absolute Gasteiger partial charge is 0.228 e. The number of aliphatic hydroxyl groups is 3. The van der Waals surface area contributed by atoms with Gasteiger partial charge in [0.25, 0.3) is 0 Å². The average molecular weight is 373 g/mol. The molecule has 0 amide bonds. The number of hydrogen-bond donors (Lipinski definition) is 3. The zero-order valence-corrected chi connectivity index (χ0v) is 14.5. The summed E-state index contributed by atoms with van der Waals surface area (Å²) in [6.07, 6.45) is -4.87. The number of ether oxygens (including phenoxy) is 3. The molecule has 1 aliphatic heterocycles. The minimum absolute atomic E-state index is 0.118. The molecule has 0 radical (unpaired) electrons. The van der Waals surface area contributed by atoms with Crippen LogP contribution in [0.15, 0.2) is 46.9 Å². The summed E-state index contributed by atoms with van der Waals surface area (Å²) in [4.78, 5) is 4.45. The predicted octanol–water partition coefficient (Wildman–Crippen LogP) is 1.32. The van der Waals surface area contributed by atoms with Gasteiger partial charge in [-0.25, -0.2) is 4.98 Å². The Balaban J connectivity index is 1.50. The largest absolute Gasteiger partial charge is 0.497 e. The first-order chi connectivity index (χ1) is 13.0. The standard InChI is InChI=1S/C19H19NO7/c1-24-12-6-7-15-13(8-12)20-18(27-15)10-2-4-11(5-3-10)26-19-17(23)16(22)14(21)9-25-19/h2-8,14,16-17,19,21-23H,9H2,1H3/t14-,16-,17+,19+/m0/s1. The van der Waals surface area contributed by atoms with E-state index in [0.29, 0.717) is 28.5 Å². The fourth-order valence-electron chi connectivity index (χ4n) is 2.85. The molecule has 8 nitrogen and oxygen atoms in total. The van der Waals surface area contributed by atoms with E-state index < -0.39 is 24.6 Å². The van der Waals surface area contributed by atoms with E-state index in [1.54, 1.807) is 49.6 Å². The monoisotopic (exact) mass is 373 g/mol. The lowest BCUT2D eigenvalue weighted by molar-refractivity contribution is -0.242. The van der Waals surface area contributed by atoms with E-state index in [2.05, 4.69) is 4.98 Å². The summed E-state index contributed by atoms with van der Waals surface area (Å²) in [5, 5.41) is 29.1. The van der Waals surface area contributed by atoms with Gasteiger partial charge in [-0.05, 0) is 36.4 Å². The Kier molecular flexibility index (Phi) is 4.71. The average Bonchev–Trinajstić information content (AvgIpc) is 3.12. The van der Waals surface area contributed by atoms with Crippen LogP contribution in [-0.2, 0) is 4.74 Å². The molecule has 142 valence electrons. The molecular formula is C19H19NO7. The highest BCUT2D eigenvalue weighted by Gasteiger charge is 2.38. The number of fused-ring (bicyclic) bond motifs is 1. The maximum absolute atomic E-state index is 9.93. The number of rotatable bonds is 4. The number of nitrogens with zero attached hydrogens (tertiary/aromatic N) is 1. The van der Waals surface area contributed by atoms with Crippen molar-refractivity contribution in [3.8, 4) is 23.0 Å². The topological polar surface area (TPSA) is 114 Å². The van der Waals surface area contributed by atoms with Gasteiger partial charge in [-0.1, -0.05) is 0 Å². The van der Waals surface area contributed by atoms with Crippen molar-refractivity contribution in [3.05, 3.63) is 42.5 Å². The third-order valence-corrected chi connectivity index (χ3v) is 4.40. The van der Waals surface area contributed by atoms with E-state index in [1.165, 1.54) is 0 Å². The molecule has 0 saturated carbocycles. The second-order valence-corrected chi connectivity index (χ2v) is 6.25. The summed E-state index contributed by atoms with van der Waals surface area (Å²) < 4.78 is 21.7. The molecule has 1 saturated heterocycles. The van der Waals surface area contributed by atoms with E-state index in [4.69, 9.17) is 18.6 Å². The van der Waals surface area contributed by atoms with Crippen LogP contribution < -0.4 is 9.47 Å². The Labute approximate surface area is 154 Å². The van der Waals surface area contributed by atoms with Crippen molar-refractivity contribution in [1.29, 1.82) is 0 Å². The number of hydrogen-bond acceptors (Lipinski definition) is 8. The molecule has 1 aliphatic rings. The Morgan fingerprint density at radius 1 is 1.00 bits per heavy atom. The molecule has 0 spiro atoms. The summed E-state index contributed by atoms with van der Waals surface area (Å²) in [6, 6.07) is 12.3. The second-order valence-electron chi connectivity index (χ2n) is 6.25. The van der Waals surface area contributed by atoms with Gasteiger partial charge in [-0.15, -0.1) is 0 Å². The van der Waals surface area contributed by atoms with Gasteiger partial charge in [-0.3, -0.25) is 0 Å². The Bertz CT molecular complexity index is 923. The van der Waals surface area contributed by atoms with Crippen LogP contribution in [0.5, 0.6) is 11.5 Å². The quantitative estimate of drug-likeness (QED) is 0.627. The molecule has 2 aromatic carbocycles. The maximum atomic E-state index is 9.93. The third-order valence-electron chi connectivity index (χ3n) is 4.40. The van der Waals surface area contributed by atoms with Crippen molar-refractivity contribution < 1.29 is 33.9 Å². The zero-order valence-electron chi connectivity index (χ0n) is 14.5. The van der Waals surface area contributed by atoms with E-state index >= 15 is 0 Å². The minimum Gasteiger partial charge on any atom is -0.497 e. The van der Waals surface area contributed by atoms with Gasteiger partial charge in [0.05, 0.1) is 13.7 Å². The van der Waals surface area contributed by atoms with Crippen molar-refractivity contribution in [3.63, 3.8) is 0 Å². The molecule has 0 unspecified atom stereocenters. The van der Waals surface area contributed by atoms with E-state index in [0.717, 1.165) is 5.56 Å². The molecule has 8 heteroatoms. The molecule has 4 atom stereocenters. The SMILES string of the molecule is COc1ccc2oc(-c3ccc(O[C@H]4OC[C@H](O)[C@H](O)[C@H]4O)cc3)nc2c1. The molecule has 0 aliphatic carbocycles. The number of oxazole rings is 1. The Morgan fingerprint density at radius 3 is 2.48 bits per heavy atom. The lowest BCUT2D eigenvalue weighted by Gasteiger charge is -2.34. The molecule has 4 rings (SSSR count). The summed E-state index contributed by atoms with van der Waals surface area (Å²) in [7, 11) is 1.59. The minimum atomic E-state index is -1.35. The van der Waals surface area contributed by atoms with Gasteiger partial charge in [0, 0.05) is 11.6 Å². The van der Waals surface area contributed by atoms with Crippen LogP contribution >= 0.6 is 0 Å². The Morgan fingerprint density at radius 2 is 1.74 bits per heavy atom. The van der Waals surface area contributed by atoms with Crippen molar-refractivity contribution in [1.82, 2.24) is 4.98 Å². The van der Waals surface area contributed by atoms with Crippen LogP contribution in [0.2, 0.25) is 0 Å². The van der Waals surface area contributed by atoms with Crippen molar-refractivity contribution in [2.24, 2.45) is 0 Å². The molecular weight excluding hydrogens is 354 g/mol. The van der Waals surface area contributed by atoms with E-state index in [9.17, 15) is 15.3 Å². The van der Waals surface area contributed by atoms with Crippen LogP contribution in [-0.4, -0.2) is 58.6 Å². The highest BCUT2D eigenvalue weighted by Crippen LogP contribution is 2.29. The Hall–Kier alpha value is -2.65. The lowest BCUT2D eigenvalue weighted by atomic mass is 10.1. The van der Waals surface area contributed by atoms with Gasteiger partial charge in [-0.2, -0.15) is 0 Å². The maximum Gasteiger partial charge on any atom is 0.228 e. The molecule has 2 heterocycles. The van der Waals surface area contributed by atoms with Crippen LogP contribution in [0.1, 0.15) is 0 Å². The van der Waals surface area contributed by atoms with E-state index in [1.807, 2.05) is 0 Å². The summed E-state index contributed by atoms with van der Waals surface area (Å²) in [6.45, 7) is -0.118. The number of aliphatic hydroxyl groups excluding tert-OH is 3. The van der Waals surface area contributed by atoms with Gasteiger partial charge < -0.3 is 33.9 Å².